The van der Waals surface area contributed by atoms with Crippen LogP contribution in [0.5, 0.6) is 0 Å². The molecular weight excluding hydrogens is 272 g/mol. The van der Waals surface area contributed by atoms with E-state index in [9.17, 15) is 0 Å². The molecule has 0 atom stereocenters. The molecule has 0 saturated carbocycles. The number of nitrogens with zero attached hydrogens (tertiary/aromatic N) is 4. The van der Waals surface area contributed by atoms with Gasteiger partial charge in [-0.2, -0.15) is 0 Å². The number of aryl methyl sites for hydroxylation is 3. The number of hydrogen-bond acceptors (Lipinski definition) is 3. The maximum Gasteiger partial charge on any atom is 0.198 e. The zero-order chi connectivity index (χ0) is 14.3. The number of hydrogen-bond donors (Lipinski definition) is 0. The minimum absolute atomic E-state index is 0.399. The Hall–Kier alpha value is -1.94. The van der Waals surface area contributed by atoms with Crippen LogP contribution in [-0.4, -0.2) is 19.6 Å². The van der Waals surface area contributed by atoms with Crippen LogP contribution < -0.4 is 0 Å². The van der Waals surface area contributed by atoms with Crippen molar-refractivity contribution < 1.29 is 0 Å². The summed E-state index contributed by atoms with van der Waals surface area (Å²) in [4.78, 5) is 4.28. The van der Waals surface area contributed by atoms with Crippen LogP contribution in [0.4, 0.5) is 0 Å². The smallest absolute Gasteiger partial charge is 0.198 e. The Morgan fingerprint density at radius 3 is 2.70 bits per heavy atom. The molecule has 0 radical (unpaired) electrons. The van der Waals surface area contributed by atoms with Crippen molar-refractivity contribution in [3.05, 3.63) is 57.8 Å². The Kier molecular flexibility index (Phi) is 3.18. The van der Waals surface area contributed by atoms with E-state index >= 15 is 0 Å². The van der Waals surface area contributed by atoms with Crippen molar-refractivity contribution in [3.8, 4) is 0 Å². The van der Waals surface area contributed by atoms with E-state index in [1.807, 2.05) is 18.2 Å². The minimum atomic E-state index is 0.399. The topological polar surface area (TPSA) is 43.1 Å². The summed E-state index contributed by atoms with van der Waals surface area (Å²) in [6.07, 6.45) is 0.726. The van der Waals surface area contributed by atoms with Gasteiger partial charge >= 0.3 is 0 Å². The highest BCUT2D eigenvalue weighted by atomic mass is 35.5. The summed E-state index contributed by atoms with van der Waals surface area (Å²) in [5, 5.41) is 8.83. The summed E-state index contributed by atoms with van der Waals surface area (Å²) in [6, 6.07) is 8.40. The van der Waals surface area contributed by atoms with Crippen molar-refractivity contribution in [2.45, 2.75) is 27.2 Å². The first-order chi connectivity index (χ1) is 9.56. The summed E-state index contributed by atoms with van der Waals surface area (Å²) in [5.41, 5.74) is 5.00. The molecule has 0 N–H and O–H groups in total. The zero-order valence-electron chi connectivity index (χ0n) is 11.7. The highest BCUT2D eigenvalue weighted by Gasteiger charge is 2.14. The van der Waals surface area contributed by atoms with E-state index in [1.54, 1.807) is 0 Å². The summed E-state index contributed by atoms with van der Waals surface area (Å²) < 4.78 is 1.99. The van der Waals surface area contributed by atoms with Crippen LogP contribution in [-0.2, 0) is 6.42 Å². The van der Waals surface area contributed by atoms with Crippen LogP contribution in [0.25, 0.3) is 5.65 Å². The Bertz CT molecular complexity index is 792. The van der Waals surface area contributed by atoms with Crippen molar-refractivity contribution in [2.75, 3.05) is 0 Å². The standard InChI is InChI=1S/C15H15ClN4/c1-9-5-4-6-12(7-9)8-13-18-19-15-14(16)17-10(2)11(3)20(13)15/h4-7H,8H2,1-3H3. The zero-order valence-corrected chi connectivity index (χ0v) is 12.4. The lowest BCUT2D eigenvalue weighted by atomic mass is 10.1. The normalized spacial score (nSPS) is 11.2. The fourth-order valence-corrected chi connectivity index (χ4v) is 2.61. The molecule has 0 amide bonds. The van der Waals surface area contributed by atoms with E-state index in [0.29, 0.717) is 10.8 Å². The van der Waals surface area contributed by atoms with Gasteiger partial charge in [0.25, 0.3) is 0 Å². The second-order valence-electron chi connectivity index (χ2n) is 5.01. The minimum Gasteiger partial charge on any atom is -0.279 e. The highest BCUT2D eigenvalue weighted by molar-refractivity contribution is 6.32. The number of fused-ring (bicyclic) bond motifs is 1. The van der Waals surface area contributed by atoms with Gasteiger partial charge in [0.1, 0.15) is 5.82 Å². The van der Waals surface area contributed by atoms with E-state index in [4.69, 9.17) is 11.6 Å². The van der Waals surface area contributed by atoms with Gasteiger partial charge in [-0.1, -0.05) is 41.4 Å². The van der Waals surface area contributed by atoms with Crippen LogP contribution in [0.15, 0.2) is 24.3 Å². The van der Waals surface area contributed by atoms with E-state index < -0.39 is 0 Å². The maximum absolute atomic E-state index is 6.14. The third-order valence-corrected chi connectivity index (χ3v) is 3.74. The lowest BCUT2D eigenvalue weighted by Crippen LogP contribution is -2.04. The molecule has 0 spiro atoms. The van der Waals surface area contributed by atoms with Gasteiger partial charge < -0.3 is 0 Å². The van der Waals surface area contributed by atoms with Gasteiger partial charge in [-0.25, -0.2) is 4.98 Å². The second kappa shape index (κ2) is 4.87. The molecule has 0 bridgehead atoms. The van der Waals surface area contributed by atoms with Crippen molar-refractivity contribution >= 4 is 17.2 Å². The SMILES string of the molecule is Cc1cccc(Cc2nnc3c(Cl)nc(C)c(C)n23)c1. The molecule has 2 aromatic heterocycles. The molecular formula is C15H15ClN4. The molecule has 0 unspecified atom stereocenters. The molecule has 4 nitrogen and oxygen atoms in total. The summed E-state index contributed by atoms with van der Waals surface area (Å²) in [6.45, 7) is 6.04. The van der Waals surface area contributed by atoms with Gasteiger partial charge in [0.2, 0.25) is 0 Å². The van der Waals surface area contributed by atoms with Gasteiger partial charge in [-0.15, -0.1) is 10.2 Å². The monoisotopic (exact) mass is 286 g/mol. The molecule has 0 aliphatic rings. The Balaban J connectivity index is 2.13. The highest BCUT2D eigenvalue weighted by Crippen LogP contribution is 2.20. The van der Waals surface area contributed by atoms with E-state index in [-0.39, 0.29) is 0 Å². The Labute approximate surface area is 122 Å². The van der Waals surface area contributed by atoms with Crippen LogP contribution in [0.3, 0.4) is 0 Å². The predicted molar refractivity (Wildman–Crippen MR) is 79.3 cm³/mol. The average Bonchev–Trinajstić information content (AvgIpc) is 2.80. The summed E-state index contributed by atoms with van der Waals surface area (Å²) >= 11 is 6.14. The third-order valence-electron chi connectivity index (χ3n) is 3.48. The molecule has 0 fully saturated rings. The maximum atomic E-state index is 6.14. The lowest BCUT2D eigenvalue weighted by Gasteiger charge is -2.07. The van der Waals surface area contributed by atoms with E-state index in [1.165, 1.54) is 11.1 Å². The van der Waals surface area contributed by atoms with Crippen LogP contribution >= 0.6 is 11.6 Å². The van der Waals surface area contributed by atoms with Gasteiger partial charge in [0.05, 0.1) is 5.69 Å². The van der Waals surface area contributed by atoms with Gasteiger partial charge in [0, 0.05) is 12.1 Å². The van der Waals surface area contributed by atoms with Crippen molar-refractivity contribution in [3.63, 3.8) is 0 Å². The first kappa shape index (κ1) is 13.1. The Morgan fingerprint density at radius 1 is 1.15 bits per heavy atom. The number of rotatable bonds is 2. The molecule has 3 rings (SSSR count). The number of benzene rings is 1. The van der Waals surface area contributed by atoms with Gasteiger partial charge in [-0.3, -0.25) is 4.40 Å². The molecule has 5 heteroatoms. The summed E-state index contributed by atoms with van der Waals surface area (Å²) in [7, 11) is 0. The quantitative estimate of drug-likeness (QED) is 0.726. The molecule has 3 aromatic rings. The molecule has 102 valence electrons. The van der Waals surface area contributed by atoms with E-state index in [0.717, 1.165) is 23.6 Å². The van der Waals surface area contributed by atoms with Gasteiger partial charge in [0.15, 0.2) is 10.8 Å². The molecule has 0 aliphatic heterocycles. The van der Waals surface area contributed by atoms with E-state index in [2.05, 4.69) is 46.4 Å². The molecule has 1 aromatic carbocycles. The molecule has 2 heterocycles. The second-order valence-corrected chi connectivity index (χ2v) is 5.37. The van der Waals surface area contributed by atoms with Crippen molar-refractivity contribution in [1.82, 2.24) is 19.6 Å². The lowest BCUT2D eigenvalue weighted by molar-refractivity contribution is 0.895. The average molecular weight is 287 g/mol. The van der Waals surface area contributed by atoms with Gasteiger partial charge in [-0.05, 0) is 26.3 Å². The third kappa shape index (κ3) is 2.16. The van der Waals surface area contributed by atoms with Crippen molar-refractivity contribution in [1.29, 1.82) is 0 Å². The molecule has 20 heavy (non-hydrogen) atoms. The van der Waals surface area contributed by atoms with Crippen LogP contribution in [0.1, 0.15) is 28.3 Å². The Morgan fingerprint density at radius 2 is 1.95 bits per heavy atom. The fraction of sp³-hybridized carbons (Fsp3) is 0.267. The first-order valence-corrected chi connectivity index (χ1v) is 6.86. The molecule has 0 aliphatic carbocycles. The largest absolute Gasteiger partial charge is 0.279 e. The van der Waals surface area contributed by atoms with Crippen LogP contribution in [0, 0.1) is 20.8 Å². The van der Waals surface area contributed by atoms with Crippen molar-refractivity contribution in [2.24, 2.45) is 0 Å². The molecule has 0 saturated heterocycles. The number of aromatic nitrogens is 4. The number of halogens is 1. The summed E-state index contributed by atoms with van der Waals surface area (Å²) in [5.74, 6) is 0.885. The fourth-order valence-electron chi connectivity index (χ4n) is 2.36. The predicted octanol–water partition coefficient (Wildman–Crippen LogP) is 3.29. The van der Waals surface area contributed by atoms with Crippen LogP contribution in [0.2, 0.25) is 5.15 Å². The first-order valence-electron chi connectivity index (χ1n) is 6.48.